The van der Waals surface area contributed by atoms with Crippen molar-refractivity contribution in [1.29, 1.82) is 0 Å². The lowest BCUT2D eigenvalue weighted by atomic mass is 10.1. The molecule has 1 saturated heterocycles. The van der Waals surface area contributed by atoms with E-state index < -0.39 is 0 Å². The maximum Gasteiger partial charge on any atom is 0.249 e. The summed E-state index contributed by atoms with van der Waals surface area (Å²) in [5.74, 6) is 1.96. The van der Waals surface area contributed by atoms with E-state index in [1.54, 1.807) is 31.5 Å². The minimum atomic E-state index is 0.434. The number of halogens is 1. The molecule has 0 atom stereocenters. The van der Waals surface area contributed by atoms with Crippen molar-refractivity contribution in [1.82, 2.24) is 15.2 Å². The highest BCUT2D eigenvalue weighted by Crippen LogP contribution is 2.29. The molecule has 3 rings (SSSR count). The van der Waals surface area contributed by atoms with E-state index in [1.165, 1.54) is 19.3 Å². The summed E-state index contributed by atoms with van der Waals surface area (Å²) in [4.78, 5) is 6.77. The van der Waals surface area contributed by atoms with Crippen LogP contribution in [0.3, 0.4) is 0 Å². The zero-order valence-corrected chi connectivity index (χ0v) is 13.2. The second kappa shape index (κ2) is 6.79. The average molecular weight is 320 g/mol. The smallest absolute Gasteiger partial charge is 0.249 e. The number of methoxy groups -OCH3 is 1. The highest BCUT2D eigenvalue weighted by Gasteiger charge is 2.14. The van der Waals surface area contributed by atoms with E-state index in [0.29, 0.717) is 22.4 Å². The Bertz CT molecular complexity index is 646. The number of aromatic nitrogens is 3. The molecule has 116 valence electrons. The van der Waals surface area contributed by atoms with Crippen LogP contribution in [0.15, 0.2) is 24.4 Å². The van der Waals surface area contributed by atoms with Crippen LogP contribution in [-0.4, -0.2) is 35.4 Å². The first kappa shape index (κ1) is 14.8. The third-order valence-corrected chi connectivity index (χ3v) is 3.87. The number of hydrogen-bond acceptors (Lipinski definition) is 6. The molecule has 22 heavy (non-hydrogen) atoms. The van der Waals surface area contributed by atoms with Crippen molar-refractivity contribution in [2.24, 2.45) is 0 Å². The standard InChI is InChI=1S/C15H18ClN5O/c1-22-13-6-5-11(16)9-12(13)18-15-19-14(10-17-20-15)21-7-3-2-4-8-21/h5-6,9-10H,2-4,7-8H2,1H3,(H,18,19,20). The predicted octanol–water partition coefficient (Wildman–Crippen LogP) is 3.27. The Hall–Kier alpha value is -2.08. The molecular formula is C15H18ClN5O. The second-order valence-electron chi connectivity index (χ2n) is 5.16. The summed E-state index contributed by atoms with van der Waals surface area (Å²) in [6.07, 6.45) is 5.36. The molecule has 0 bridgehead atoms. The Labute approximate surface area is 134 Å². The van der Waals surface area contributed by atoms with Crippen molar-refractivity contribution in [3.05, 3.63) is 29.4 Å². The first-order chi connectivity index (χ1) is 10.8. The summed E-state index contributed by atoms with van der Waals surface area (Å²) in [5.41, 5.74) is 0.715. The Kier molecular flexibility index (Phi) is 4.58. The van der Waals surface area contributed by atoms with Gasteiger partial charge < -0.3 is 15.0 Å². The first-order valence-electron chi connectivity index (χ1n) is 7.31. The molecule has 1 aromatic heterocycles. The molecule has 2 heterocycles. The molecule has 1 fully saturated rings. The van der Waals surface area contributed by atoms with Crippen molar-refractivity contribution < 1.29 is 4.74 Å². The van der Waals surface area contributed by atoms with E-state index in [2.05, 4.69) is 25.4 Å². The van der Waals surface area contributed by atoms with Gasteiger partial charge >= 0.3 is 0 Å². The van der Waals surface area contributed by atoms with Crippen LogP contribution in [0.5, 0.6) is 5.75 Å². The van der Waals surface area contributed by atoms with Crippen LogP contribution in [-0.2, 0) is 0 Å². The monoisotopic (exact) mass is 319 g/mol. The molecule has 1 N–H and O–H groups in total. The number of nitrogens with one attached hydrogen (secondary N) is 1. The predicted molar refractivity (Wildman–Crippen MR) is 87.2 cm³/mol. The maximum atomic E-state index is 6.03. The van der Waals surface area contributed by atoms with Crippen molar-refractivity contribution in [3.8, 4) is 5.75 Å². The number of piperidine rings is 1. The highest BCUT2D eigenvalue weighted by atomic mass is 35.5. The van der Waals surface area contributed by atoms with Gasteiger partial charge in [0.2, 0.25) is 5.95 Å². The van der Waals surface area contributed by atoms with Crippen LogP contribution in [0.2, 0.25) is 5.02 Å². The van der Waals surface area contributed by atoms with Gasteiger partial charge in [-0.15, -0.1) is 5.10 Å². The topological polar surface area (TPSA) is 63.2 Å². The molecule has 6 nitrogen and oxygen atoms in total. The number of anilines is 3. The fourth-order valence-corrected chi connectivity index (χ4v) is 2.69. The first-order valence-corrected chi connectivity index (χ1v) is 7.69. The summed E-state index contributed by atoms with van der Waals surface area (Å²) in [7, 11) is 1.61. The number of hydrogen-bond donors (Lipinski definition) is 1. The SMILES string of the molecule is COc1ccc(Cl)cc1Nc1nncc(N2CCCCC2)n1. The van der Waals surface area contributed by atoms with Gasteiger partial charge in [0.05, 0.1) is 19.0 Å². The minimum absolute atomic E-state index is 0.434. The third-order valence-electron chi connectivity index (χ3n) is 3.63. The third kappa shape index (κ3) is 3.39. The van der Waals surface area contributed by atoms with Crippen LogP contribution in [0.1, 0.15) is 19.3 Å². The van der Waals surface area contributed by atoms with Gasteiger partial charge in [0.1, 0.15) is 5.75 Å². The number of benzene rings is 1. The molecule has 2 aromatic rings. The molecule has 0 aliphatic carbocycles. The van der Waals surface area contributed by atoms with E-state index in [0.717, 1.165) is 18.9 Å². The zero-order valence-electron chi connectivity index (χ0n) is 12.4. The van der Waals surface area contributed by atoms with Crippen molar-refractivity contribution in [3.63, 3.8) is 0 Å². The molecule has 1 aliphatic heterocycles. The van der Waals surface area contributed by atoms with Gasteiger partial charge in [0.25, 0.3) is 0 Å². The largest absolute Gasteiger partial charge is 0.495 e. The fraction of sp³-hybridized carbons (Fsp3) is 0.400. The van der Waals surface area contributed by atoms with Crippen molar-refractivity contribution >= 4 is 29.1 Å². The zero-order chi connectivity index (χ0) is 15.4. The molecule has 0 amide bonds. The van der Waals surface area contributed by atoms with Gasteiger partial charge in [-0.2, -0.15) is 10.1 Å². The Morgan fingerprint density at radius 2 is 2.05 bits per heavy atom. The average Bonchev–Trinajstić information content (AvgIpc) is 2.56. The molecule has 0 saturated carbocycles. The minimum Gasteiger partial charge on any atom is -0.495 e. The quantitative estimate of drug-likeness (QED) is 0.933. The summed E-state index contributed by atoms with van der Waals surface area (Å²) >= 11 is 6.03. The summed E-state index contributed by atoms with van der Waals surface area (Å²) in [6.45, 7) is 2.03. The Morgan fingerprint density at radius 1 is 1.23 bits per heavy atom. The van der Waals surface area contributed by atoms with E-state index in [1.807, 2.05) is 0 Å². The summed E-state index contributed by atoms with van der Waals surface area (Å²) < 4.78 is 5.31. The van der Waals surface area contributed by atoms with Gasteiger partial charge in [-0.1, -0.05) is 11.6 Å². The lowest BCUT2D eigenvalue weighted by Gasteiger charge is -2.27. The summed E-state index contributed by atoms with van der Waals surface area (Å²) in [6, 6.07) is 5.35. The van der Waals surface area contributed by atoms with Gasteiger partial charge in [-0.05, 0) is 37.5 Å². The van der Waals surface area contributed by atoms with E-state index in [9.17, 15) is 0 Å². The molecule has 0 unspecified atom stereocenters. The maximum absolute atomic E-state index is 6.03. The van der Waals surface area contributed by atoms with Gasteiger partial charge in [-0.3, -0.25) is 0 Å². The van der Waals surface area contributed by atoms with Crippen molar-refractivity contribution in [2.75, 3.05) is 30.4 Å². The van der Waals surface area contributed by atoms with E-state index >= 15 is 0 Å². The van der Waals surface area contributed by atoms with Crippen LogP contribution in [0.4, 0.5) is 17.5 Å². The molecular weight excluding hydrogens is 302 g/mol. The number of ether oxygens (including phenoxy) is 1. The number of rotatable bonds is 4. The Morgan fingerprint density at radius 3 is 2.82 bits per heavy atom. The lowest BCUT2D eigenvalue weighted by Crippen LogP contribution is -2.30. The van der Waals surface area contributed by atoms with Crippen LogP contribution in [0.25, 0.3) is 0 Å². The normalized spacial score (nSPS) is 14.7. The fourth-order valence-electron chi connectivity index (χ4n) is 2.52. The molecule has 1 aromatic carbocycles. The lowest BCUT2D eigenvalue weighted by molar-refractivity contribution is 0.417. The van der Waals surface area contributed by atoms with E-state index in [-0.39, 0.29) is 0 Å². The second-order valence-corrected chi connectivity index (χ2v) is 5.59. The highest BCUT2D eigenvalue weighted by molar-refractivity contribution is 6.30. The van der Waals surface area contributed by atoms with E-state index in [4.69, 9.17) is 16.3 Å². The Balaban J connectivity index is 1.82. The van der Waals surface area contributed by atoms with Crippen molar-refractivity contribution in [2.45, 2.75) is 19.3 Å². The van der Waals surface area contributed by atoms with Crippen LogP contribution in [0, 0.1) is 0 Å². The van der Waals surface area contributed by atoms with Gasteiger partial charge in [0.15, 0.2) is 5.82 Å². The van der Waals surface area contributed by atoms with Crippen LogP contribution < -0.4 is 15.0 Å². The number of nitrogens with zero attached hydrogens (tertiary/aromatic N) is 4. The molecule has 0 spiro atoms. The van der Waals surface area contributed by atoms with Gasteiger partial charge in [0, 0.05) is 18.1 Å². The molecule has 7 heteroatoms. The van der Waals surface area contributed by atoms with Gasteiger partial charge in [-0.25, -0.2) is 0 Å². The summed E-state index contributed by atoms with van der Waals surface area (Å²) in [5, 5.41) is 11.8. The molecule has 1 aliphatic rings. The molecule has 0 radical (unpaired) electrons. The van der Waals surface area contributed by atoms with Crippen LogP contribution >= 0.6 is 11.6 Å².